The summed E-state index contributed by atoms with van der Waals surface area (Å²) in [6, 6.07) is 4.02. The van der Waals surface area contributed by atoms with E-state index in [1.165, 1.54) is 30.6 Å². The largest absolute Gasteiger partial charge is 0.472 e. The van der Waals surface area contributed by atoms with E-state index in [2.05, 4.69) is 9.97 Å². The number of aliphatic hydroxyl groups is 3. The Labute approximate surface area is 140 Å². The van der Waals surface area contributed by atoms with Crippen LogP contribution in [-0.2, 0) is 0 Å². The van der Waals surface area contributed by atoms with Crippen molar-refractivity contribution in [3.8, 4) is 16.9 Å². The standard InChI is InChI=1S/C15H14F2N2O4S/c16-11-4-7(1-2-18-11)8-3-10(14(17)19-5-8)23-15-13(22)12(21)9(20)6-24-15/h1-5,9,12-13,15,20-22H,6H2/t9-,12+,13-,15+/m1/s1. The summed E-state index contributed by atoms with van der Waals surface area (Å²) >= 11 is 1.04. The number of aliphatic hydroxyl groups excluding tert-OH is 3. The van der Waals surface area contributed by atoms with Crippen LogP contribution in [0.4, 0.5) is 8.78 Å². The monoisotopic (exact) mass is 356 g/mol. The van der Waals surface area contributed by atoms with Gasteiger partial charge in [-0.05, 0) is 17.7 Å². The number of nitrogens with zero attached hydrogens (tertiary/aromatic N) is 2. The van der Waals surface area contributed by atoms with Crippen LogP contribution in [0.15, 0.2) is 30.6 Å². The number of hydrogen-bond acceptors (Lipinski definition) is 7. The van der Waals surface area contributed by atoms with Gasteiger partial charge in [0.1, 0.15) is 12.2 Å². The zero-order valence-corrected chi connectivity index (χ0v) is 13.0. The normalized spacial score (nSPS) is 27.0. The van der Waals surface area contributed by atoms with Crippen LogP contribution in [0.2, 0.25) is 0 Å². The molecule has 1 aliphatic heterocycles. The average molecular weight is 356 g/mol. The average Bonchev–Trinajstić information content (AvgIpc) is 2.57. The van der Waals surface area contributed by atoms with Crippen LogP contribution in [-0.4, -0.2) is 54.8 Å². The molecule has 128 valence electrons. The Kier molecular flexibility index (Phi) is 4.95. The van der Waals surface area contributed by atoms with Gasteiger partial charge in [-0.25, -0.2) is 9.97 Å². The Morgan fingerprint density at radius 3 is 2.62 bits per heavy atom. The maximum atomic E-state index is 13.9. The molecule has 9 heteroatoms. The molecule has 0 saturated carbocycles. The van der Waals surface area contributed by atoms with Gasteiger partial charge in [0, 0.05) is 29.8 Å². The highest BCUT2D eigenvalue weighted by Crippen LogP contribution is 2.32. The quantitative estimate of drug-likeness (QED) is 0.705. The number of thioether (sulfide) groups is 1. The molecule has 24 heavy (non-hydrogen) atoms. The fraction of sp³-hybridized carbons (Fsp3) is 0.333. The molecule has 6 nitrogen and oxygen atoms in total. The molecule has 1 saturated heterocycles. The van der Waals surface area contributed by atoms with E-state index in [-0.39, 0.29) is 11.5 Å². The highest BCUT2D eigenvalue weighted by Gasteiger charge is 2.39. The number of ether oxygens (including phenoxy) is 1. The Balaban J connectivity index is 1.85. The van der Waals surface area contributed by atoms with E-state index >= 15 is 0 Å². The molecule has 3 rings (SSSR count). The first-order chi connectivity index (χ1) is 11.5. The van der Waals surface area contributed by atoms with Gasteiger partial charge in [0.15, 0.2) is 11.2 Å². The number of pyridine rings is 2. The van der Waals surface area contributed by atoms with E-state index in [0.29, 0.717) is 11.1 Å². The highest BCUT2D eigenvalue weighted by atomic mass is 32.2. The van der Waals surface area contributed by atoms with Crippen molar-refractivity contribution in [1.82, 2.24) is 9.97 Å². The fourth-order valence-corrected chi connectivity index (χ4v) is 3.37. The van der Waals surface area contributed by atoms with Crippen molar-refractivity contribution in [1.29, 1.82) is 0 Å². The zero-order chi connectivity index (χ0) is 17.3. The van der Waals surface area contributed by atoms with Crippen molar-refractivity contribution < 1.29 is 28.8 Å². The Morgan fingerprint density at radius 2 is 1.88 bits per heavy atom. The molecule has 3 heterocycles. The first-order valence-corrected chi connectivity index (χ1v) is 8.10. The van der Waals surface area contributed by atoms with Gasteiger partial charge in [-0.2, -0.15) is 8.78 Å². The minimum atomic E-state index is -1.39. The molecule has 0 aliphatic carbocycles. The van der Waals surface area contributed by atoms with Gasteiger partial charge in [-0.1, -0.05) is 0 Å². The highest BCUT2D eigenvalue weighted by molar-refractivity contribution is 7.99. The van der Waals surface area contributed by atoms with Crippen LogP contribution in [0.25, 0.3) is 11.1 Å². The smallest absolute Gasteiger partial charge is 0.255 e. The van der Waals surface area contributed by atoms with Crippen LogP contribution in [0.3, 0.4) is 0 Å². The van der Waals surface area contributed by atoms with Gasteiger partial charge in [0.05, 0.1) is 6.10 Å². The van der Waals surface area contributed by atoms with E-state index < -0.39 is 35.6 Å². The van der Waals surface area contributed by atoms with Crippen molar-refractivity contribution in [3.05, 3.63) is 42.5 Å². The molecule has 0 spiro atoms. The van der Waals surface area contributed by atoms with E-state index in [1.807, 2.05) is 0 Å². The van der Waals surface area contributed by atoms with Crippen LogP contribution in [0, 0.1) is 11.9 Å². The van der Waals surface area contributed by atoms with Crippen molar-refractivity contribution in [2.24, 2.45) is 0 Å². The van der Waals surface area contributed by atoms with Crippen LogP contribution < -0.4 is 4.74 Å². The lowest BCUT2D eigenvalue weighted by Crippen LogP contribution is -2.50. The number of aromatic nitrogens is 2. The van der Waals surface area contributed by atoms with Crippen LogP contribution in [0.5, 0.6) is 5.75 Å². The van der Waals surface area contributed by atoms with Crippen molar-refractivity contribution in [2.75, 3.05) is 5.75 Å². The summed E-state index contributed by atoms with van der Waals surface area (Å²) in [5, 5.41) is 29.1. The maximum Gasteiger partial charge on any atom is 0.255 e. The summed E-state index contributed by atoms with van der Waals surface area (Å²) in [7, 11) is 0. The molecule has 2 aromatic rings. The first-order valence-electron chi connectivity index (χ1n) is 7.05. The fourth-order valence-electron chi connectivity index (χ4n) is 2.26. The molecule has 2 aromatic heterocycles. The molecule has 4 atom stereocenters. The van der Waals surface area contributed by atoms with Crippen LogP contribution in [0.1, 0.15) is 0 Å². The van der Waals surface area contributed by atoms with Gasteiger partial charge in [-0.15, -0.1) is 11.8 Å². The molecule has 0 aromatic carbocycles. The summed E-state index contributed by atoms with van der Waals surface area (Å²) in [5.74, 6) is -1.70. The number of rotatable bonds is 3. The van der Waals surface area contributed by atoms with Gasteiger partial charge in [0.25, 0.3) is 5.95 Å². The predicted octanol–water partition coefficient (Wildman–Crippen LogP) is 0.956. The molecular weight excluding hydrogens is 342 g/mol. The SMILES string of the molecule is O[C@@H]1[C@@H](O)[C@@H](Oc2cc(-c3ccnc(F)c3)cnc2F)SC[C@H]1O. The van der Waals surface area contributed by atoms with Crippen LogP contribution >= 0.6 is 11.8 Å². The summed E-state index contributed by atoms with van der Waals surface area (Å²) < 4.78 is 32.5. The molecule has 0 unspecified atom stereocenters. The summed E-state index contributed by atoms with van der Waals surface area (Å²) in [4.78, 5) is 7.02. The third-order valence-electron chi connectivity index (χ3n) is 3.56. The molecular formula is C15H14F2N2O4S. The van der Waals surface area contributed by atoms with Gasteiger partial charge < -0.3 is 20.1 Å². The second-order valence-electron chi connectivity index (χ2n) is 5.25. The lowest BCUT2D eigenvalue weighted by Gasteiger charge is -2.34. The van der Waals surface area contributed by atoms with E-state index in [4.69, 9.17) is 4.74 Å². The van der Waals surface area contributed by atoms with Crippen molar-refractivity contribution in [3.63, 3.8) is 0 Å². The summed E-state index contributed by atoms with van der Waals surface area (Å²) in [6.07, 6.45) is -1.36. The van der Waals surface area contributed by atoms with E-state index in [9.17, 15) is 24.1 Å². The summed E-state index contributed by atoms with van der Waals surface area (Å²) in [5.41, 5.74) is -0.125. The topological polar surface area (TPSA) is 95.7 Å². The molecule has 0 amide bonds. The van der Waals surface area contributed by atoms with E-state index in [1.54, 1.807) is 0 Å². The molecule has 0 radical (unpaired) electrons. The minimum Gasteiger partial charge on any atom is -0.472 e. The molecule has 1 aliphatic rings. The lowest BCUT2D eigenvalue weighted by molar-refractivity contribution is -0.0790. The third kappa shape index (κ3) is 3.48. The Bertz CT molecular complexity index is 736. The first kappa shape index (κ1) is 17.0. The van der Waals surface area contributed by atoms with Gasteiger partial charge in [-0.3, -0.25) is 0 Å². The molecule has 1 fully saturated rings. The summed E-state index contributed by atoms with van der Waals surface area (Å²) in [6.45, 7) is 0. The van der Waals surface area contributed by atoms with Gasteiger partial charge >= 0.3 is 0 Å². The maximum absolute atomic E-state index is 13.9. The van der Waals surface area contributed by atoms with Crippen molar-refractivity contribution in [2.45, 2.75) is 23.7 Å². The second kappa shape index (κ2) is 6.98. The van der Waals surface area contributed by atoms with Crippen molar-refractivity contribution >= 4 is 11.8 Å². The number of hydrogen-bond donors (Lipinski definition) is 3. The second-order valence-corrected chi connectivity index (χ2v) is 6.38. The third-order valence-corrected chi connectivity index (χ3v) is 4.80. The van der Waals surface area contributed by atoms with Gasteiger partial charge in [0.2, 0.25) is 5.95 Å². The zero-order valence-electron chi connectivity index (χ0n) is 12.2. The molecule has 0 bridgehead atoms. The number of halogens is 2. The van der Waals surface area contributed by atoms with E-state index in [0.717, 1.165) is 11.8 Å². The lowest BCUT2D eigenvalue weighted by atomic mass is 10.1. The minimum absolute atomic E-state index is 0.132. The molecule has 3 N–H and O–H groups in total. The predicted molar refractivity (Wildman–Crippen MR) is 82.3 cm³/mol. The Morgan fingerprint density at radius 1 is 1.08 bits per heavy atom. The Hall–Kier alpha value is -1.81.